The van der Waals surface area contributed by atoms with Gasteiger partial charge in [0, 0.05) is 38.9 Å². The van der Waals surface area contributed by atoms with Gasteiger partial charge < -0.3 is 15.0 Å². The first-order valence-electron chi connectivity index (χ1n) is 5.95. The van der Waals surface area contributed by atoms with Gasteiger partial charge >= 0.3 is 0 Å². The Hall–Kier alpha value is -0.930. The lowest BCUT2D eigenvalue weighted by Crippen LogP contribution is -2.14. The second kappa shape index (κ2) is 5.61. The van der Waals surface area contributed by atoms with Gasteiger partial charge in [0.15, 0.2) is 0 Å². The molecule has 1 aliphatic rings. The maximum Gasteiger partial charge on any atom is 0.0659 e. The number of hydrogen-bond acceptors (Lipinski definition) is 3. The lowest BCUT2D eigenvalue weighted by Gasteiger charge is -2.16. The van der Waals surface area contributed by atoms with Gasteiger partial charge in [0.1, 0.15) is 0 Å². The second-order valence-corrected chi connectivity index (χ2v) is 5.08. The molecule has 1 N–H and O–H groups in total. The maximum absolute atomic E-state index is 6.21. The molecule has 17 heavy (non-hydrogen) atoms. The van der Waals surface area contributed by atoms with E-state index in [9.17, 15) is 0 Å². The molecule has 2 rings (SSSR count). The van der Waals surface area contributed by atoms with Crippen molar-refractivity contribution in [3.05, 3.63) is 23.2 Å². The summed E-state index contributed by atoms with van der Waals surface area (Å²) in [5.41, 5.74) is 2.12. The van der Waals surface area contributed by atoms with Gasteiger partial charge in [0.2, 0.25) is 0 Å². The lowest BCUT2D eigenvalue weighted by atomic mass is 10.1. The molecule has 0 bridgehead atoms. The van der Waals surface area contributed by atoms with E-state index in [-0.39, 0.29) is 0 Å². The average Bonchev–Trinajstić information content (AvgIpc) is 2.78. The van der Waals surface area contributed by atoms with Gasteiger partial charge in [-0.15, -0.1) is 0 Å². The summed E-state index contributed by atoms with van der Waals surface area (Å²) in [5, 5.41) is 4.19. The molecule has 0 spiro atoms. The SMILES string of the molecule is CN(C)c1ccc(NCC2CCOC2)cc1Cl. The van der Waals surface area contributed by atoms with Crippen LogP contribution in [0.1, 0.15) is 6.42 Å². The molecule has 1 unspecified atom stereocenters. The third-order valence-electron chi connectivity index (χ3n) is 3.05. The van der Waals surface area contributed by atoms with Gasteiger partial charge in [-0.05, 0) is 24.6 Å². The minimum atomic E-state index is 0.627. The highest BCUT2D eigenvalue weighted by Crippen LogP contribution is 2.27. The summed E-state index contributed by atoms with van der Waals surface area (Å²) < 4.78 is 5.35. The first-order chi connectivity index (χ1) is 8.16. The molecule has 0 aromatic heterocycles. The van der Waals surface area contributed by atoms with Crippen LogP contribution < -0.4 is 10.2 Å². The molecule has 0 saturated carbocycles. The van der Waals surface area contributed by atoms with Crippen LogP contribution in [0.15, 0.2) is 18.2 Å². The summed E-state index contributed by atoms with van der Waals surface area (Å²) in [6.45, 7) is 2.72. The molecular formula is C13H19ClN2O. The fraction of sp³-hybridized carbons (Fsp3) is 0.538. The van der Waals surface area contributed by atoms with Crippen molar-refractivity contribution >= 4 is 23.0 Å². The van der Waals surface area contributed by atoms with Crippen LogP contribution in [0.3, 0.4) is 0 Å². The van der Waals surface area contributed by atoms with Crippen molar-refractivity contribution in [1.29, 1.82) is 0 Å². The van der Waals surface area contributed by atoms with Crippen molar-refractivity contribution in [3.8, 4) is 0 Å². The summed E-state index contributed by atoms with van der Waals surface area (Å²) in [4.78, 5) is 2.01. The number of halogens is 1. The Morgan fingerprint density at radius 1 is 1.47 bits per heavy atom. The smallest absolute Gasteiger partial charge is 0.0659 e. The standard InChI is InChI=1S/C13H19ClN2O/c1-16(2)13-4-3-11(7-12(13)14)15-8-10-5-6-17-9-10/h3-4,7,10,15H,5-6,8-9H2,1-2H3. The fourth-order valence-electron chi connectivity index (χ4n) is 1.99. The summed E-state index contributed by atoms with van der Waals surface area (Å²) >= 11 is 6.21. The monoisotopic (exact) mass is 254 g/mol. The largest absolute Gasteiger partial charge is 0.385 e. The molecule has 1 fully saturated rings. The van der Waals surface area contributed by atoms with Crippen molar-refractivity contribution in [2.45, 2.75) is 6.42 Å². The van der Waals surface area contributed by atoms with E-state index in [0.29, 0.717) is 5.92 Å². The van der Waals surface area contributed by atoms with E-state index in [1.165, 1.54) is 0 Å². The van der Waals surface area contributed by atoms with Crippen LogP contribution >= 0.6 is 11.6 Å². The van der Waals surface area contributed by atoms with Gasteiger partial charge in [0.25, 0.3) is 0 Å². The summed E-state index contributed by atoms with van der Waals surface area (Å²) in [6, 6.07) is 6.08. The van der Waals surface area contributed by atoms with Crippen LogP contribution in [0.25, 0.3) is 0 Å². The van der Waals surface area contributed by atoms with Crippen LogP contribution in [0.4, 0.5) is 11.4 Å². The number of hydrogen-bond donors (Lipinski definition) is 1. The number of rotatable bonds is 4. The summed E-state index contributed by atoms with van der Waals surface area (Å²) in [6.07, 6.45) is 1.15. The van der Waals surface area contributed by atoms with E-state index in [1.807, 2.05) is 31.1 Å². The molecule has 0 amide bonds. The highest BCUT2D eigenvalue weighted by Gasteiger charge is 2.15. The van der Waals surface area contributed by atoms with E-state index < -0.39 is 0 Å². The zero-order valence-electron chi connectivity index (χ0n) is 10.4. The number of anilines is 2. The Morgan fingerprint density at radius 3 is 2.88 bits per heavy atom. The molecule has 1 heterocycles. The molecule has 1 aromatic carbocycles. The van der Waals surface area contributed by atoms with Crippen molar-refractivity contribution in [2.75, 3.05) is 44.1 Å². The predicted octanol–water partition coefficient (Wildman–Crippen LogP) is 2.85. The van der Waals surface area contributed by atoms with Crippen molar-refractivity contribution < 1.29 is 4.74 Å². The zero-order chi connectivity index (χ0) is 12.3. The predicted molar refractivity (Wildman–Crippen MR) is 73.2 cm³/mol. The van der Waals surface area contributed by atoms with Gasteiger partial charge in [0.05, 0.1) is 17.3 Å². The Balaban J connectivity index is 1.94. The molecule has 0 aliphatic carbocycles. The molecule has 94 valence electrons. The Labute approximate surface area is 108 Å². The average molecular weight is 255 g/mol. The van der Waals surface area contributed by atoms with Crippen LogP contribution in [0.5, 0.6) is 0 Å². The second-order valence-electron chi connectivity index (χ2n) is 4.67. The molecule has 4 heteroatoms. The first-order valence-corrected chi connectivity index (χ1v) is 6.33. The van der Waals surface area contributed by atoms with Crippen molar-refractivity contribution in [1.82, 2.24) is 0 Å². The topological polar surface area (TPSA) is 24.5 Å². The normalized spacial score (nSPS) is 19.4. The molecule has 1 aliphatic heterocycles. The Bertz CT molecular complexity index is 376. The van der Waals surface area contributed by atoms with Crippen LogP contribution in [-0.4, -0.2) is 33.9 Å². The van der Waals surface area contributed by atoms with E-state index >= 15 is 0 Å². The van der Waals surface area contributed by atoms with E-state index in [1.54, 1.807) is 0 Å². The van der Waals surface area contributed by atoms with E-state index in [2.05, 4.69) is 11.4 Å². The minimum absolute atomic E-state index is 0.627. The third-order valence-corrected chi connectivity index (χ3v) is 3.35. The number of nitrogens with zero attached hydrogens (tertiary/aromatic N) is 1. The Morgan fingerprint density at radius 2 is 2.29 bits per heavy atom. The highest BCUT2D eigenvalue weighted by molar-refractivity contribution is 6.33. The molecule has 0 radical (unpaired) electrons. The van der Waals surface area contributed by atoms with Crippen LogP contribution in [0, 0.1) is 5.92 Å². The molecule has 1 saturated heterocycles. The van der Waals surface area contributed by atoms with Crippen molar-refractivity contribution in [3.63, 3.8) is 0 Å². The van der Waals surface area contributed by atoms with Crippen LogP contribution in [-0.2, 0) is 4.74 Å². The van der Waals surface area contributed by atoms with Gasteiger partial charge in [-0.25, -0.2) is 0 Å². The quantitative estimate of drug-likeness (QED) is 0.894. The molecular weight excluding hydrogens is 236 g/mol. The summed E-state index contributed by atoms with van der Waals surface area (Å²) in [7, 11) is 3.98. The third kappa shape index (κ3) is 3.27. The highest BCUT2D eigenvalue weighted by atomic mass is 35.5. The first kappa shape index (κ1) is 12.5. The number of nitrogens with one attached hydrogen (secondary N) is 1. The van der Waals surface area contributed by atoms with E-state index in [0.717, 1.165) is 42.6 Å². The van der Waals surface area contributed by atoms with Crippen LogP contribution in [0.2, 0.25) is 5.02 Å². The van der Waals surface area contributed by atoms with Crippen molar-refractivity contribution in [2.24, 2.45) is 5.92 Å². The lowest BCUT2D eigenvalue weighted by molar-refractivity contribution is 0.187. The molecule has 3 nitrogen and oxygen atoms in total. The maximum atomic E-state index is 6.21. The van der Waals surface area contributed by atoms with Gasteiger partial charge in [-0.1, -0.05) is 11.6 Å². The number of benzene rings is 1. The number of ether oxygens (including phenoxy) is 1. The molecule has 1 aromatic rings. The zero-order valence-corrected chi connectivity index (χ0v) is 11.1. The minimum Gasteiger partial charge on any atom is -0.385 e. The fourth-order valence-corrected chi connectivity index (χ4v) is 2.34. The summed E-state index contributed by atoms with van der Waals surface area (Å²) in [5.74, 6) is 0.627. The van der Waals surface area contributed by atoms with E-state index in [4.69, 9.17) is 16.3 Å². The Kier molecular flexibility index (Phi) is 4.13. The van der Waals surface area contributed by atoms with Gasteiger partial charge in [-0.2, -0.15) is 0 Å². The molecule has 1 atom stereocenters. The van der Waals surface area contributed by atoms with Gasteiger partial charge in [-0.3, -0.25) is 0 Å².